The largest absolute Gasteiger partial charge is 0.465 e. The van der Waals surface area contributed by atoms with Gasteiger partial charge in [-0.2, -0.15) is 13.2 Å². The number of nitrogens with zero attached hydrogens (tertiary/aromatic N) is 3. The molecular weight excluding hydrogens is 485 g/mol. The number of aryl methyl sites for hydroxylation is 1. The maximum atomic E-state index is 12.4. The summed E-state index contributed by atoms with van der Waals surface area (Å²) in [4.78, 5) is 19.9. The van der Waals surface area contributed by atoms with E-state index < -0.39 is 12.8 Å². The second kappa shape index (κ2) is 11.6. The minimum absolute atomic E-state index is 0.0723. The van der Waals surface area contributed by atoms with Crippen molar-refractivity contribution >= 4 is 17.2 Å². The molecule has 0 atom stereocenters. The summed E-state index contributed by atoms with van der Waals surface area (Å²) >= 11 is 1.23. The van der Waals surface area contributed by atoms with Gasteiger partial charge in [0.15, 0.2) is 13.2 Å². The van der Waals surface area contributed by atoms with Crippen LogP contribution in [0.2, 0.25) is 0 Å². The Hall–Kier alpha value is -2.34. The number of hydrogen-bond acceptors (Lipinski definition) is 8. The zero-order valence-electron chi connectivity index (χ0n) is 19.7. The van der Waals surface area contributed by atoms with Crippen molar-refractivity contribution in [3.05, 3.63) is 22.4 Å². The molecule has 0 aromatic carbocycles. The van der Waals surface area contributed by atoms with Crippen LogP contribution >= 0.6 is 11.3 Å². The van der Waals surface area contributed by atoms with E-state index in [1.165, 1.54) is 11.3 Å². The highest BCUT2D eigenvalue weighted by Crippen LogP contribution is 2.31. The highest BCUT2D eigenvalue weighted by Gasteiger charge is 2.30. The first-order chi connectivity index (χ1) is 16.7. The monoisotopic (exact) mass is 516 g/mol. The number of amides is 1. The van der Waals surface area contributed by atoms with Crippen LogP contribution in [0.15, 0.2) is 10.6 Å². The van der Waals surface area contributed by atoms with Gasteiger partial charge in [0, 0.05) is 36.5 Å². The topological polar surface area (TPSA) is 89.7 Å². The van der Waals surface area contributed by atoms with E-state index in [-0.39, 0.29) is 23.7 Å². The molecule has 0 spiro atoms. The van der Waals surface area contributed by atoms with Crippen LogP contribution in [0.1, 0.15) is 48.4 Å². The van der Waals surface area contributed by atoms with Crippen LogP contribution in [0, 0.1) is 12.8 Å². The molecule has 1 aliphatic heterocycles. The first-order valence-electron chi connectivity index (χ1n) is 12.0. The third kappa shape index (κ3) is 8.09. The number of thiazole rings is 1. The highest BCUT2D eigenvalue weighted by molar-refractivity contribution is 7.13. The van der Waals surface area contributed by atoms with Crippen molar-refractivity contribution in [2.24, 2.45) is 5.92 Å². The Morgan fingerprint density at radius 1 is 1.23 bits per heavy atom. The second-order valence-corrected chi connectivity index (χ2v) is 10.3. The summed E-state index contributed by atoms with van der Waals surface area (Å²) in [6.07, 6.45) is 2.36. The number of rotatable bonds is 9. The van der Waals surface area contributed by atoms with Crippen molar-refractivity contribution in [1.82, 2.24) is 20.4 Å². The maximum Gasteiger partial charge on any atom is 0.422 e. The number of hydrogen-bond donors (Lipinski definition) is 1. The summed E-state index contributed by atoms with van der Waals surface area (Å²) < 4.78 is 52.2. The lowest BCUT2D eigenvalue weighted by atomic mass is 9.84. The fraction of sp³-hybridized carbons (Fsp3) is 0.696. The van der Waals surface area contributed by atoms with Crippen molar-refractivity contribution < 1.29 is 32.0 Å². The Kier molecular flexibility index (Phi) is 8.53. The van der Waals surface area contributed by atoms with E-state index in [1.807, 2.05) is 0 Å². The predicted molar refractivity (Wildman–Crippen MR) is 123 cm³/mol. The van der Waals surface area contributed by atoms with Crippen LogP contribution in [0.5, 0.6) is 11.1 Å². The first-order valence-corrected chi connectivity index (χ1v) is 12.8. The molecule has 1 aliphatic carbocycles. The number of carbonyl (C=O) groups is 1. The third-order valence-electron chi connectivity index (χ3n) is 6.46. The molecule has 0 unspecified atom stereocenters. The van der Waals surface area contributed by atoms with Crippen molar-refractivity contribution in [3.8, 4) is 11.1 Å². The molecule has 0 radical (unpaired) electrons. The lowest BCUT2D eigenvalue weighted by molar-refractivity contribution is -0.153. The molecule has 35 heavy (non-hydrogen) atoms. The second-order valence-electron chi connectivity index (χ2n) is 9.23. The number of carbonyl (C=O) groups excluding carboxylic acids is 1. The molecule has 1 fully saturated rings. The van der Waals surface area contributed by atoms with Crippen LogP contribution in [-0.4, -0.2) is 66.0 Å². The third-order valence-corrected chi connectivity index (χ3v) is 7.53. The van der Waals surface area contributed by atoms with Gasteiger partial charge in [0.2, 0.25) is 0 Å². The Bertz CT molecular complexity index is 947. The van der Waals surface area contributed by atoms with E-state index in [2.05, 4.69) is 20.4 Å². The van der Waals surface area contributed by atoms with Crippen LogP contribution in [-0.2, 0) is 17.6 Å². The summed E-state index contributed by atoms with van der Waals surface area (Å²) in [7, 11) is 0. The zero-order valence-corrected chi connectivity index (χ0v) is 20.6. The highest BCUT2D eigenvalue weighted by atomic mass is 32.1. The quantitative estimate of drug-likeness (QED) is 0.540. The summed E-state index contributed by atoms with van der Waals surface area (Å²) in [5.74, 6) is 1.44. The van der Waals surface area contributed by atoms with Crippen LogP contribution in [0.25, 0.3) is 0 Å². The molecular formula is C23H31F3N4O4S. The minimum Gasteiger partial charge on any atom is -0.465 e. The van der Waals surface area contributed by atoms with Gasteiger partial charge >= 0.3 is 6.18 Å². The lowest BCUT2D eigenvalue weighted by Gasteiger charge is -2.30. The van der Waals surface area contributed by atoms with Gasteiger partial charge in [-0.3, -0.25) is 4.79 Å². The molecule has 8 nitrogen and oxygen atoms in total. The number of nitrogens with one attached hydrogen (secondary N) is 1. The molecule has 2 aliphatic rings. The molecule has 2 aromatic heterocycles. The number of alkyl halides is 3. The Labute approximate surface area is 206 Å². The smallest absolute Gasteiger partial charge is 0.422 e. The SMILES string of the molecule is Cc1cc(OCC(=O)NC2CCC(CCN3CCc4nc(OCC(F)(F)F)sc4CC3)CC2)no1. The normalized spacial score (nSPS) is 21.3. The first kappa shape index (κ1) is 25.7. The van der Waals surface area contributed by atoms with Gasteiger partial charge in [-0.15, -0.1) is 0 Å². The maximum absolute atomic E-state index is 12.4. The predicted octanol–water partition coefficient (Wildman–Crippen LogP) is 3.93. The molecule has 12 heteroatoms. The summed E-state index contributed by atoms with van der Waals surface area (Å²) in [5, 5.41) is 6.87. The molecule has 194 valence electrons. The average molecular weight is 517 g/mol. The number of aromatic nitrogens is 2. The molecule has 0 saturated heterocycles. The molecule has 1 saturated carbocycles. The fourth-order valence-electron chi connectivity index (χ4n) is 4.60. The Morgan fingerprint density at radius 2 is 2.00 bits per heavy atom. The van der Waals surface area contributed by atoms with Gasteiger partial charge in [-0.25, -0.2) is 4.98 Å². The van der Waals surface area contributed by atoms with E-state index in [0.717, 1.165) is 75.2 Å². The van der Waals surface area contributed by atoms with Crippen LogP contribution < -0.4 is 14.8 Å². The van der Waals surface area contributed by atoms with E-state index in [1.54, 1.807) is 13.0 Å². The van der Waals surface area contributed by atoms with Crippen molar-refractivity contribution in [3.63, 3.8) is 0 Å². The fourth-order valence-corrected chi connectivity index (χ4v) is 5.54. The molecule has 0 bridgehead atoms. The summed E-state index contributed by atoms with van der Waals surface area (Å²) in [5.41, 5.74) is 0.869. The number of fused-ring (bicyclic) bond motifs is 1. The minimum atomic E-state index is -4.35. The average Bonchev–Trinajstić information content (AvgIpc) is 3.36. The number of halogens is 3. The van der Waals surface area contributed by atoms with Crippen LogP contribution in [0.4, 0.5) is 13.2 Å². The lowest BCUT2D eigenvalue weighted by Crippen LogP contribution is -2.40. The molecule has 1 amide bonds. The van der Waals surface area contributed by atoms with Gasteiger partial charge in [0.1, 0.15) is 5.76 Å². The van der Waals surface area contributed by atoms with Gasteiger partial charge in [-0.05, 0) is 63.1 Å². The Balaban J connectivity index is 1.11. The van der Waals surface area contributed by atoms with Crippen molar-refractivity contribution in [2.45, 2.75) is 64.1 Å². The van der Waals surface area contributed by atoms with E-state index in [9.17, 15) is 18.0 Å². The van der Waals surface area contributed by atoms with Crippen LogP contribution in [0.3, 0.4) is 0 Å². The number of ether oxygens (including phenoxy) is 2. The van der Waals surface area contributed by atoms with Crippen molar-refractivity contribution in [1.29, 1.82) is 0 Å². The van der Waals surface area contributed by atoms with E-state index in [4.69, 9.17) is 14.0 Å². The van der Waals surface area contributed by atoms with Gasteiger partial charge in [0.25, 0.3) is 17.0 Å². The van der Waals surface area contributed by atoms with Gasteiger partial charge in [-0.1, -0.05) is 11.3 Å². The molecule has 1 N–H and O–H groups in total. The zero-order chi connectivity index (χ0) is 24.8. The molecule has 2 aromatic rings. The van der Waals surface area contributed by atoms with E-state index >= 15 is 0 Å². The van der Waals surface area contributed by atoms with Gasteiger partial charge in [0.05, 0.1) is 5.69 Å². The van der Waals surface area contributed by atoms with Gasteiger partial charge < -0.3 is 24.2 Å². The molecule has 4 rings (SSSR count). The summed E-state index contributed by atoms with van der Waals surface area (Å²) in [6.45, 7) is 3.12. The summed E-state index contributed by atoms with van der Waals surface area (Å²) in [6, 6.07) is 1.82. The van der Waals surface area contributed by atoms with Crippen molar-refractivity contribution in [2.75, 3.05) is 32.8 Å². The molecule has 3 heterocycles. The standard InChI is InChI=1S/C23H31F3N4O4S/c1-15-12-21(29-34-15)32-13-20(31)27-17-4-2-16(3-5-17)6-9-30-10-7-18-19(8-11-30)35-22(28-18)33-14-23(24,25)26/h12,16-17H,2-11,13-14H2,1H3,(H,27,31). The Morgan fingerprint density at radius 3 is 2.71 bits per heavy atom. The van der Waals surface area contributed by atoms with E-state index in [0.29, 0.717) is 17.6 Å².